The lowest BCUT2D eigenvalue weighted by Crippen LogP contribution is -2.33. The maximum Gasteiger partial charge on any atom is 0.246 e. The number of amides is 1. The number of hydrogen-bond acceptors (Lipinski definition) is 3. The van der Waals surface area contributed by atoms with Gasteiger partial charge in [-0.3, -0.25) is 4.79 Å². The maximum atomic E-state index is 11.2. The highest BCUT2D eigenvalue weighted by atomic mass is 16.5. The van der Waals surface area contributed by atoms with Crippen LogP contribution >= 0.6 is 0 Å². The molecule has 0 bridgehead atoms. The smallest absolute Gasteiger partial charge is 0.246 e. The highest BCUT2D eigenvalue weighted by Crippen LogP contribution is 2.04. The molecule has 0 aromatic heterocycles. The molecule has 0 aliphatic carbocycles. The molecule has 0 aromatic rings. The molecular weight excluding hydrogens is 180 g/mol. The van der Waals surface area contributed by atoms with Crippen LogP contribution in [0.1, 0.15) is 19.8 Å². The van der Waals surface area contributed by atoms with E-state index in [1.807, 2.05) is 6.92 Å². The predicted molar refractivity (Wildman–Crippen MR) is 55.1 cm³/mol. The van der Waals surface area contributed by atoms with E-state index >= 15 is 0 Å². The summed E-state index contributed by atoms with van der Waals surface area (Å²) in [5, 5.41) is 6.15. The summed E-state index contributed by atoms with van der Waals surface area (Å²) in [5.41, 5.74) is 0. The Bertz CT molecular complexity index is 168. The lowest BCUT2D eigenvalue weighted by molar-refractivity contribution is -0.125. The first-order chi connectivity index (χ1) is 6.83. The van der Waals surface area contributed by atoms with Crippen LogP contribution in [-0.2, 0) is 9.53 Å². The van der Waals surface area contributed by atoms with E-state index in [0.717, 1.165) is 32.5 Å². The second-order valence-electron chi connectivity index (χ2n) is 3.72. The standard InChI is InChI=1S/C10H20N2O2/c1-2-5-14-8-10(13)12-7-9-3-4-11-6-9/h9,11H,2-8H2,1H3,(H,12,13). The van der Waals surface area contributed by atoms with Gasteiger partial charge in [-0.25, -0.2) is 0 Å². The molecule has 1 aliphatic heterocycles. The molecule has 1 unspecified atom stereocenters. The SMILES string of the molecule is CCCOCC(=O)NCC1CCNC1. The second kappa shape index (κ2) is 6.79. The minimum Gasteiger partial charge on any atom is -0.372 e. The number of carbonyl (C=O) groups is 1. The van der Waals surface area contributed by atoms with Gasteiger partial charge in [0, 0.05) is 13.2 Å². The largest absolute Gasteiger partial charge is 0.372 e. The molecule has 14 heavy (non-hydrogen) atoms. The molecule has 1 atom stereocenters. The normalized spacial score (nSPS) is 21.1. The van der Waals surface area contributed by atoms with Crippen molar-refractivity contribution in [1.29, 1.82) is 0 Å². The Morgan fingerprint density at radius 1 is 1.64 bits per heavy atom. The third kappa shape index (κ3) is 4.58. The highest BCUT2D eigenvalue weighted by molar-refractivity contribution is 5.77. The van der Waals surface area contributed by atoms with Crippen LogP contribution in [0.5, 0.6) is 0 Å². The minimum absolute atomic E-state index is 0.00495. The minimum atomic E-state index is 0.00495. The molecule has 0 spiro atoms. The molecule has 1 saturated heterocycles. The molecule has 1 aliphatic rings. The molecule has 1 amide bonds. The summed E-state index contributed by atoms with van der Waals surface area (Å²) in [6.45, 7) is 5.78. The summed E-state index contributed by atoms with van der Waals surface area (Å²) in [6, 6.07) is 0. The number of carbonyl (C=O) groups excluding carboxylic acids is 1. The first-order valence-electron chi connectivity index (χ1n) is 5.38. The van der Waals surface area contributed by atoms with E-state index in [-0.39, 0.29) is 12.5 Å². The van der Waals surface area contributed by atoms with E-state index in [9.17, 15) is 4.79 Å². The topological polar surface area (TPSA) is 50.4 Å². The number of ether oxygens (including phenoxy) is 1. The van der Waals surface area contributed by atoms with Crippen molar-refractivity contribution < 1.29 is 9.53 Å². The van der Waals surface area contributed by atoms with Gasteiger partial charge < -0.3 is 15.4 Å². The van der Waals surface area contributed by atoms with Gasteiger partial charge >= 0.3 is 0 Å². The van der Waals surface area contributed by atoms with Gasteiger partial charge in [0.05, 0.1) is 0 Å². The fourth-order valence-electron chi connectivity index (χ4n) is 1.51. The van der Waals surface area contributed by atoms with Crippen molar-refractivity contribution >= 4 is 5.91 Å². The fraction of sp³-hybridized carbons (Fsp3) is 0.900. The van der Waals surface area contributed by atoms with Gasteiger partial charge in [-0.05, 0) is 31.8 Å². The summed E-state index contributed by atoms with van der Waals surface area (Å²) in [5.74, 6) is 0.607. The number of rotatable bonds is 6. The lowest BCUT2D eigenvalue weighted by Gasteiger charge is -2.09. The first kappa shape index (κ1) is 11.5. The van der Waals surface area contributed by atoms with Crippen molar-refractivity contribution in [2.24, 2.45) is 5.92 Å². The van der Waals surface area contributed by atoms with Crippen LogP contribution in [0.15, 0.2) is 0 Å². The maximum absolute atomic E-state index is 11.2. The van der Waals surface area contributed by atoms with Crippen molar-refractivity contribution in [3.63, 3.8) is 0 Å². The summed E-state index contributed by atoms with van der Waals surface area (Å²) in [4.78, 5) is 11.2. The third-order valence-electron chi connectivity index (χ3n) is 2.33. The van der Waals surface area contributed by atoms with E-state index in [4.69, 9.17) is 4.74 Å². The van der Waals surface area contributed by atoms with Gasteiger partial charge in [0.2, 0.25) is 5.91 Å². The van der Waals surface area contributed by atoms with Crippen LogP contribution in [0.25, 0.3) is 0 Å². The molecule has 0 aromatic carbocycles. The molecule has 2 N–H and O–H groups in total. The van der Waals surface area contributed by atoms with Crippen LogP contribution in [0.2, 0.25) is 0 Å². The van der Waals surface area contributed by atoms with E-state index in [1.54, 1.807) is 0 Å². The van der Waals surface area contributed by atoms with Crippen LogP contribution in [-0.4, -0.2) is 38.8 Å². The van der Waals surface area contributed by atoms with E-state index in [1.165, 1.54) is 0 Å². The Hall–Kier alpha value is -0.610. The summed E-state index contributed by atoms with van der Waals surface area (Å²) < 4.78 is 5.13. The molecule has 1 fully saturated rings. The quantitative estimate of drug-likeness (QED) is 0.600. The van der Waals surface area contributed by atoms with Crippen molar-refractivity contribution in [3.8, 4) is 0 Å². The first-order valence-corrected chi connectivity index (χ1v) is 5.38. The van der Waals surface area contributed by atoms with Gasteiger partial charge in [-0.1, -0.05) is 6.92 Å². The molecular formula is C10H20N2O2. The molecule has 4 heteroatoms. The highest BCUT2D eigenvalue weighted by Gasteiger charge is 2.14. The molecule has 0 saturated carbocycles. The average molecular weight is 200 g/mol. The van der Waals surface area contributed by atoms with Gasteiger partial charge in [0.15, 0.2) is 0 Å². The van der Waals surface area contributed by atoms with Crippen LogP contribution < -0.4 is 10.6 Å². The zero-order valence-electron chi connectivity index (χ0n) is 8.84. The monoisotopic (exact) mass is 200 g/mol. The number of nitrogens with one attached hydrogen (secondary N) is 2. The van der Waals surface area contributed by atoms with E-state index in [2.05, 4.69) is 10.6 Å². The molecule has 82 valence electrons. The predicted octanol–water partition coefficient (Wildman–Crippen LogP) is 0.139. The van der Waals surface area contributed by atoms with Gasteiger partial charge in [-0.15, -0.1) is 0 Å². The van der Waals surface area contributed by atoms with Crippen molar-refractivity contribution in [3.05, 3.63) is 0 Å². The van der Waals surface area contributed by atoms with Gasteiger partial charge in [0.25, 0.3) is 0 Å². The van der Waals surface area contributed by atoms with E-state index in [0.29, 0.717) is 12.5 Å². The number of hydrogen-bond donors (Lipinski definition) is 2. The fourth-order valence-corrected chi connectivity index (χ4v) is 1.51. The molecule has 1 heterocycles. The van der Waals surface area contributed by atoms with Crippen molar-refractivity contribution in [1.82, 2.24) is 10.6 Å². The summed E-state index contributed by atoms with van der Waals surface area (Å²) >= 11 is 0. The van der Waals surface area contributed by atoms with Crippen molar-refractivity contribution in [2.45, 2.75) is 19.8 Å². The van der Waals surface area contributed by atoms with Gasteiger partial charge in [-0.2, -0.15) is 0 Å². The van der Waals surface area contributed by atoms with Gasteiger partial charge in [0.1, 0.15) is 6.61 Å². The molecule has 1 rings (SSSR count). The molecule has 4 nitrogen and oxygen atoms in total. The second-order valence-corrected chi connectivity index (χ2v) is 3.72. The van der Waals surface area contributed by atoms with Crippen LogP contribution in [0.3, 0.4) is 0 Å². The molecule has 0 radical (unpaired) electrons. The van der Waals surface area contributed by atoms with Crippen molar-refractivity contribution in [2.75, 3.05) is 32.8 Å². The lowest BCUT2D eigenvalue weighted by atomic mass is 10.1. The van der Waals surface area contributed by atoms with Crippen LogP contribution in [0.4, 0.5) is 0 Å². The summed E-state index contributed by atoms with van der Waals surface area (Å²) in [6.07, 6.45) is 2.12. The summed E-state index contributed by atoms with van der Waals surface area (Å²) in [7, 11) is 0. The zero-order valence-corrected chi connectivity index (χ0v) is 8.84. The average Bonchev–Trinajstić information content (AvgIpc) is 2.68. The van der Waals surface area contributed by atoms with E-state index < -0.39 is 0 Å². The Morgan fingerprint density at radius 2 is 2.50 bits per heavy atom. The third-order valence-corrected chi connectivity index (χ3v) is 2.33. The zero-order chi connectivity index (χ0) is 10.2. The Labute approximate surface area is 85.4 Å². The Balaban J connectivity index is 1.96. The Kier molecular flexibility index (Phi) is 5.56. The Morgan fingerprint density at radius 3 is 3.14 bits per heavy atom. The van der Waals surface area contributed by atoms with Crippen LogP contribution in [0, 0.1) is 5.92 Å².